The molecule has 0 N–H and O–H groups in total. The largest absolute Gasteiger partial charge is 0.310 e. The summed E-state index contributed by atoms with van der Waals surface area (Å²) in [5.41, 5.74) is 8.01. The molecule has 0 aliphatic carbocycles. The second kappa shape index (κ2) is 8.12. The highest BCUT2D eigenvalue weighted by Crippen LogP contribution is 2.46. The third kappa shape index (κ3) is 3.18. The lowest BCUT2D eigenvalue weighted by Crippen LogP contribution is -2.11. The van der Waals surface area contributed by atoms with E-state index in [1.807, 2.05) is 48.5 Å². The van der Waals surface area contributed by atoms with E-state index in [-0.39, 0.29) is 0 Å². The molecular formula is C33H23N3. The number of aryl methyl sites for hydroxylation is 3. The molecule has 3 nitrogen and oxygen atoms in total. The van der Waals surface area contributed by atoms with Gasteiger partial charge in [-0.1, -0.05) is 30.3 Å². The first-order valence-corrected chi connectivity index (χ1v) is 12.0. The van der Waals surface area contributed by atoms with Gasteiger partial charge in [0.15, 0.2) is 0 Å². The van der Waals surface area contributed by atoms with Crippen LogP contribution in [0.4, 0.5) is 17.1 Å². The van der Waals surface area contributed by atoms with Crippen LogP contribution in [-0.2, 0) is 0 Å². The summed E-state index contributed by atoms with van der Waals surface area (Å²) in [6.45, 7) is 6.55. The highest BCUT2D eigenvalue weighted by Gasteiger charge is 2.20. The van der Waals surface area contributed by atoms with E-state index in [1.165, 1.54) is 49.0 Å². The van der Waals surface area contributed by atoms with Crippen LogP contribution in [0.25, 0.3) is 32.3 Å². The van der Waals surface area contributed by atoms with Crippen molar-refractivity contribution in [2.75, 3.05) is 4.90 Å². The van der Waals surface area contributed by atoms with E-state index < -0.39 is 0 Å². The van der Waals surface area contributed by atoms with E-state index in [9.17, 15) is 10.5 Å². The van der Waals surface area contributed by atoms with Crippen molar-refractivity contribution in [3.05, 3.63) is 113 Å². The van der Waals surface area contributed by atoms with Crippen LogP contribution < -0.4 is 4.90 Å². The molecule has 0 radical (unpaired) electrons. The number of benzene rings is 6. The van der Waals surface area contributed by atoms with Gasteiger partial charge in [0, 0.05) is 16.8 Å². The van der Waals surface area contributed by atoms with Crippen molar-refractivity contribution in [2.45, 2.75) is 20.8 Å². The predicted molar refractivity (Wildman–Crippen MR) is 148 cm³/mol. The minimum Gasteiger partial charge on any atom is -0.310 e. The molecule has 170 valence electrons. The van der Waals surface area contributed by atoms with Gasteiger partial charge in [0.25, 0.3) is 0 Å². The van der Waals surface area contributed by atoms with E-state index >= 15 is 0 Å². The molecule has 0 bridgehead atoms. The summed E-state index contributed by atoms with van der Waals surface area (Å²) in [5, 5.41) is 26.3. The van der Waals surface area contributed by atoms with Crippen LogP contribution in [0.2, 0.25) is 0 Å². The minimum absolute atomic E-state index is 0.621. The van der Waals surface area contributed by atoms with Gasteiger partial charge < -0.3 is 4.90 Å². The molecule has 6 aromatic rings. The molecule has 0 unspecified atom stereocenters. The Morgan fingerprint density at radius 1 is 0.500 bits per heavy atom. The Morgan fingerprint density at radius 3 is 1.33 bits per heavy atom. The molecule has 0 spiro atoms. The smallest absolute Gasteiger partial charge is 0.0991 e. The topological polar surface area (TPSA) is 50.8 Å². The highest BCUT2D eigenvalue weighted by atomic mass is 15.1. The summed E-state index contributed by atoms with van der Waals surface area (Å²) in [6, 6.07) is 33.3. The first-order valence-electron chi connectivity index (χ1n) is 12.0. The Balaban J connectivity index is 1.72. The minimum atomic E-state index is 0.621. The molecule has 0 aliphatic rings. The summed E-state index contributed by atoms with van der Waals surface area (Å²) < 4.78 is 0. The van der Waals surface area contributed by atoms with Crippen molar-refractivity contribution in [1.82, 2.24) is 0 Å². The van der Waals surface area contributed by atoms with Gasteiger partial charge in [-0.15, -0.1) is 0 Å². The first kappa shape index (κ1) is 21.7. The zero-order valence-corrected chi connectivity index (χ0v) is 20.4. The van der Waals surface area contributed by atoms with Gasteiger partial charge in [0.05, 0.1) is 29.0 Å². The molecule has 0 aliphatic heterocycles. The zero-order valence-electron chi connectivity index (χ0n) is 20.4. The maximum Gasteiger partial charge on any atom is 0.0991 e. The number of nitrogens with zero attached hydrogens (tertiary/aromatic N) is 3. The molecule has 0 amide bonds. The van der Waals surface area contributed by atoms with Crippen molar-refractivity contribution < 1.29 is 0 Å². The summed E-state index contributed by atoms with van der Waals surface area (Å²) >= 11 is 0. The number of hydrogen-bond acceptors (Lipinski definition) is 3. The van der Waals surface area contributed by atoms with Gasteiger partial charge in [-0.3, -0.25) is 0 Å². The maximum absolute atomic E-state index is 9.34. The van der Waals surface area contributed by atoms with Crippen molar-refractivity contribution in [2.24, 2.45) is 0 Å². The van der Waals surface area contributed by atoms with Crippen LogP contribution in [-0.4, -0.2) is 0 Å². The quantitative estimate of drug-likeness (QED) is 0.248. The lowest BCUT2D eigenvalue weighted by Gasteiger charge is -2.28. The van der Waals surface area contributed by atoms with Crippen LogP contribution in [0.3, 0.4) is 0 Å². The van der Waals surface area contributed by atoms with Gasteiger partial charge >= 0.3 is 0 Å². The fraction of sp³-hybridized carbons (Fsp3) is 0.0909. The van der Waals surface area contributed by atoms with Gasteiger partial charge in [-0.05, 0) is 119 Å². The molecule has 0 heterocycles. The lowest BCUT2D eigenvalue weighted by atomic mass is 9.87. The third-order valence-corrected chi connectivity index (χ3v) is 7.25. The molecule has 0 aromatic heterocycles. The summed E-state index contributed by atoms with van der Waals surface area (Å²) in [7, 11) is 0. The molecular weight excluding hydrogens is 438 g/mol. The number of rotatable bonds is 3. The second-order valence-corrected chi connectivity index (χ2v) is 9.45. The molecule has 36 heavy (non-hydrogen) atoms. The Morgan fingerprint density at radius 2 is 0.889 bits per heavy atom. The fourth-order valence-corrected chi connectivity index (χ4v) is 5.52. The molecule has 0 fully saturated rings. The Kier molecular flexibility index (Phi) is 4.89. The van der Waals surface area contributed by atoms with Crippen LogP contribution in [0, 0.1) is 43.4 Å². The number of hydrogen-bond donors (Lipinski definition) is 0. The Hall–Kier alpha value is -4.86. The van der Waals surface area contributed by atoms with Crippen LogP contribution in [0.1, 0.15) is 27.8 Å². The molecule has 3 heteroatoms. The zero-order chi connectivity index (χ0) is 25.0. The summed E-state index contributed by atoms with van der Waals surface area (Å²) in [6.07, 6.45) is 0. The van der Waals surface area contributed by atoms with Crippen molar-refractivity contribution in [1.29, 1.82) is 10.5 Å². The predicted octanol–water partition coefficient (Wildman–Crippen LogP) is 8.72. The summed E-state index contributed by atoms with van der Waals surface area (Å²) in [4.78, 5) is 2.22. The van der Waals surface area contributed by atoms with Crippen molar-refractivity contribution in [3.8, 4) is 12.1 Å². The van der Waals surface area contributed by atoms with Crippen molar-refractivity contribution in [3.63, 3.8) is 0 Å². The van der Waals surface area contributed by atoms with E-state index in [0.717, 1.165) is 17.1 Å². The van der Waals surface area contributed by atoms with Gasteiger partial charge in [0.1, 0.15) is 0 Å². The standard InChI is InChI=1S/C33H23N3/c1-20-16-21(2)28-14-15-30-31(17-22(3)29-13-12-27(20)32(28)33(29)30)36(25-8-4-23(18-34)5-9-25)26-10-6-24(19-35)7-11-26/h4-17H,1-3H3. The first-order chi connectivity index (χ1) is 17.5. The van der Waals surface area contributed by atoms with Crippen molar-refractivity contribution >= 4 is 49.4 Å². The Labute approximate surface area is 210 Å². The average molecular weight is 462 g/mol. The van der Waals surface area contributed by atoms with Gasteiger partial charge in [-0.2, -0.15) is 10.5 Å². The molecule has 0 atom stereocenters. The molecule has 0 saturated heterocycles. The van der Waals surface area contributed by atoms with Gasteiger partial charge in [0.2, 0.25) is 0 Å². The van der Waals surface area contributed by atoms with Gasteiger partial charge in [-0.25, -0.2) is 0 Å². The maximum atomic E-state index is 9.34. The van der Waals surface area contributed by atoms with E-state index in [2.05, 4.69) is 74.2 Å². The summed E-state index contributed by atoms with van der Waals surface area (Å²) in [5.74, 6) is 0. The van der Waals surface area contributed by atoms with Crippen LogP contribution in [0.15, 0.2) is 84.9 Å². The third-order valence-electron chi connectivity index (χ3n) is 7.25. The number of nitriles is 2. The fourth-order valence-electron chi connectivity index (χ4n) is 5.52. The number of anilines is 3. The monoisotopic (exact) mass is 461 g/mol. The SMILES string of the molecule is Cc1cc(C)c2ccc3c(N(c4ccc(C#N)cc4)c4ccc(C#N)cc4)cc(C)c4ccc1c2c43. The second-order valence-electron chi connectivity index (χ2n) is 9.45. The normalized spacial score (nSPS) is 11.1. The lowest BCUT2D eigenvalue weighted by molar-refractivity contribution is 1.28. The molecule has 0 saturated carbocycles. The molecule has 6 rings (SSSR count). The Bertz CT molecular complexity index is 1790. The van der Waals surface area contributed by atoms with E-state index in [4.69, 9.17) is 0 Å². The highest BCUT2D eigenvalue weighted by molar-refractivity contribution is 6.27. The van der Waals surface area contributed by atoms with Crippen LogP contribution in [0.5, 0.6) is 0 Å². The van der Waals surface area contributed by atoms with E-state index in [1.54, 1.807) is 0 Å². The average Bonchev–Trinajstić information content (AvgIpc) is 2.91. The van der Waals surface area contributed by atoms with E-state index in [0.29, 0.717) is 11.1 Å². The molecule has 6 aromatic carbocycles. The van der Waals surface area contributed by atoms with Crippen LogP contribution >= 0.6 is 0 Å².